The number of methoxy groups -OCH3 is 1. The quantitative estimate of drug-likeness (QED) is 0.603. The summed E-state index contributed by atoms with van der Waals surface area (Å²) in [5.74, 6) is -1.56. The number of amides is 2. The molecule has 2 amide bonds. The summed E-state index contributed by atoms with van der Waals surface area (Å²) in [6, 6.07) is -0.676. The average Bonchev–Trinajstić information content (AvgIpc) is 2.62. The monoisotopic (exact) mass is 272 g/mol. The predicted octanol–water partition coefficient (Wildman–Crippen LogP) is -0.443. The molecule has 1 aliphatic heterocycles. The Hall–Kier alpha value is -1.47. The van der Waals surface area contributed by atoms with Gasteiger partial charge in [0, 0.05) is 20.2 Å². The van der Waals surface area contributed by atoms with Gasteiger partial charge in [-0.1, -0.05) is 6.92 Å². The fraction of sp³-hybridized carbons (Fsp3) is 0.750. The fourth-order valence-electron chi connectivity index (χ4n) is 2.14. The number of carbonyl (C=O) groups excluding carboxylic acids is 2. The van der Waals surface area contributed by atoms with Crippen LogP contribution in [0.5, 0.6) is 0 Å². The van der Waals surface area contributed by atoms with Crippen LogP contribution in [0, 0.1) is 0 Å². The van der Waals surface area contributed by atoms with E-state index in [1.54, 1.807) is 0 Å². The molecular formula is C12H20N2O5. The number of likely N-dealkylation sites (tertiary alicyclic amines) is 1. The molecular weight excluding hydrogens is 252 g/mol. The molecule has 0 spiro atoms. The average molecular weight is 272 g/mol. The Morgan fingerprint density at radius 3 is 2.74 bits per heavy atom. The van der Waals surface area contributed by atoms with Crippen molar-refractivity contribution in [2.24, 2.45) is 0 Å². The zero-order valence-electron chi connectivity index (χ0n) is 11.3. The zero-order valence-corrected chi connectivity index (χ0v) is 11.3. The lowest BCUT2D eigenvalue weighted by molar-refractivity contribution is -0.141. The van der Waals surface area contributed by atoms with E-state index in [0.29, 0.717) is 26.1 Å². The van der Waals surface area contributed by atoms with Crippen molar-refractivity contribution in [3.05, 3.63) is 0 Å². The van der Waals surface area contributed by atoms with Crippen molar-refractivity contribution in [1.82, 2.24) is 9.80 Å². The molecule has 1 atom stereocenters. The molecule has 1 N–H and O–H groups in total. The van der Waals surface area contributed by atoms with Crippen molar-refractivity contribution in [2.45, 2.75) is 25.8 Å². The highest BCUT2D eigenvalue weighted by Gasteiger charge is 2.41. The van der Waals surface area contributed by atoms with Crippen LogP contribution in [-0.2, 0) is 19.1 Å². The maximum Gasteiger partial charge on any atom is 0.317 e. The number of hydrogen-bond donors (Lipinski definition) is 1. The van der Waals surface area contributed by atoms with E-state index in [1.807, 2.05) is 6.92 Å². The third kappa shape index (κ3) is 4.00. The molecule has 1 heterocycles. The summed E-state index contributed by atoms with van der Waals surface area (Å²) in [5, 5.41) is 8.87. The molecule has 7 nitrogen and oxygen atoms in total. The number of nitrogens with zero attached hydrogens (tertiary/aromatic N) is 2. The van der Waals surface area contributed by atoms with E-state index in [9.17, 15) is 14.4 Å². The summed E-state index contributed by atoms with van der Waals surface area (Å²) >= 11 is 0. The van der Waals surface area contributed by atoms with E-state index in [2.05, 4.69) is 0 Å². The number of imide groups is 1. The van der Waals surface area contributed by atoms with E-state index < -0.39 is 12.0 Å². The molecule has 0 aromatic rings. The van der Waals surface area contributed by atoms with E-state index in [0.717, 1.165) is 0 Å². The molecule has 1 unspecified atom stereocenters. The van der Waals surface area contributed by atoms with Gasteiger partial charge in [0.1, 0.15) is 0 Å². The number of rotatable bonds is 8. The van der Waals surface area contributed by atoms with E-state index in [4.69, 9.17) is 9.84 Å². The van der Waals surface area contributed by atoms with Crippen LogP contribution in [0.3, 0.4) is 0 Å². The van der Waals surface area contributed by atoms with Gasteiger partial charge in [0.2, 0.25) is 11.8 Å². The van der Waals surface area contributed by atoms with Crippen molar-refractivity contribution < 1.29 is 24.2 Å². The lowest BCUT2D eigenvalue weighted by Gasteiger charge is -2.25. The molecule has 0 aliphatic carbocycles. The molecule has 0 aromatic carbocycles. The number of aliphatic carboxylic acids is 1. The SMILES string of the molecule is CCCN1C(=O)CC(N(CCOC)CC(=O)O)C1=O. The minimum absolute atomic E-state index is 0.0514. The molecule has 0 aromatic heterocycles. The van der Waals surface area contributed by atoms with Gasteiger partial charge in [0.15, 0.2) is 0 Å². The first-order chi connectivity index (χ1) is 9.01. The van der Waals surface area contributed by atoms with Crippen LogP contribution in [0.1, 0.15) is 19.8 Å². The van der Waals surface area contributed by atoms with Crippen molar-refractivity contribution in [3.8, 4) is 0 Å². The van der Waals surface area contributed by atoms with Crippen LogP contribution in [0.2, 0.25) is 0 Å². The summed E-state index contributed by atoms with van der Waals surface area (Å²) in [5.41, 5.74) is 0. The summed E-state index contributed by atoms with van der Waals surface area (Å²) < 4.78 is 4.91. The van der Waals surface area contributed by atoms with E-state index >= 15 is 0 Å². The van der Waals surface area contributed by atoms with Crippen molar-refractivity contribution in [1.29, 1.82) is 0 Å². The summed E-state index contributed by atoms with van der Waals surface area (Å²) in [4.78, 5) is 37.4. The molecule has 0 bridgehead atoms. The lowest BCUT2D eigenvalue weighted by Crippen LogP contribution is -2.45. The first-order valence-corrected chi connectivity index (χ1v) is 6.30. The Morgan fingerprint density at radius 2 is 2.21 bits per heavy atom. The second-order valence-corrected chi connectivity index (χ2v) is 4.46. The van der Waals surface area contributed by atoms with Gasteiger partial charge in [-0.15, -0.1) is 0 Å². The van der Waals surface area contributed by atoms with Gasteiger partial charge in [-0.2, -0.15) is 0 Å². The van der Waals surface area contributed by atoms with E-state index in [1.165, 1.54) is 16.9 Å². The summed E-state index contributed by atoms with van der Waals surface area (Å²) in [6.07, 6.45) is 0.747. The van der Waals surface area contributed by atoms with Gasteiger partial charge in [-0.05, 0) is 6.42 Å². The maximum atomic E-state index is 12.1. The highest BCUT2D eigenvalue weighted by atomic mass is 16.5. The second-order valence-electron chi connectivity index (χ2n) is 4.46. The Kier molecular flexibility index (Phi) is 5.91. The van der Waals surface area contributed by atoms with Crippen molar-refractivity contribution >= 4 is 17.8 Å². The minimum Gasteiger partial charge on any atom is -0.480 e. The number of hydrogen-bond acceptors (Lipinski definition) is 5. The molecule has 7 heteroatoms. The van der Waals surface area contributed by atoms with Gasteiger partial charge in [-0.25, -0.2) is 0 Å². The molecule has 19 heavy (non-hydrogen) atoms. The number of carboxylic acids is 1. The smallest absolute Gasteiger partial charge is 0.317 e. The molecule has 1 fully saturated rings. The zero-order chi connectivity index (χ0) is 14.4. The minimum atomic E-state index is -1.02. The maximum absolute atomic E-state index is 12.1. The Balaban J connectivity index is 2.76. The topological polar surface area (TPSA) is 87.2 Å². The van der Waals surface area contributed by atoms with Crippen LogP contribution >= 0.6 is 0 Å². The van der Waals surface area contributed by atoms with Gasteiger partial charge < -0.3 is 9.84 Å². The van der Waals surface area contributed by atoms with Crippen LogP contribution in [-0.4, -0.2) is 72.1 Å². The number of ether oxygens (including phenoxy) is 1. The lowest BCUT2D eigenvalue weighted by atomic mass is 10.2. The third-order valence-corrected chi connectivity index (χ3v) is 3.03. The Morgan fingerprint density at radius 1 is 1.53 bits per heavy atom. The number of carboxylic acid groups (broad SMARTS) is 1. The molecule has 0 radical (unpaired) electrons. The van der Waals surface area contributed by atoms with Gasteiger partial charge in [0.05, 0.1) is 25.6 Å². The molecule has 108 valence electrons. The molecule has 1 saturated heterocycles. The Labute approximate surface area is 112 Å². The largest absolute Gasteiger partial charge is 0.480 e. The molecule has 1 rings (SSSR count). The standard InChI is InChI=1S/C12H20N2O5/c1-3-4-14-10(15)7-9(12(14)18)13(5-6-19-2)8-11(16)17/h9H,3-8H2,1-2H3,(H,16,17). The molecule has 1 aliphatic rings. The number of carbonyl (C=O) groups is 3. The summed E-state index contributed by atoms with van der Waals surface area (Å²) in [7, 11) is 1.50. The van der Waals surface area contributed by atoms with Crippen LogP contribution < -0.4 is 0 Å². The highest BCUT2D eigenvalue weighted by molar-refractivity contribution is 6.05. The van der Waals surface area contributed by atoms with Crippen molar-refractivity contribution in [3.63, 3.8) is 0 Å². The van der Waals surface area contributed by atoms with Crippen LogP contribution in [0.4, 0.5) is 0 Å². The van der Waals surface area contributed by atoms with Crippen LogP contribution in [0.25, 0.3) is 0 Å². The third-order valence-electron chi connectivity index (χ3n) is 3.03. The molecule has 0 saturated carbocycles. The predicted molar refractivity (Wildman–Crippen MR) is 66.5 cm³/mol. The van der Waals surface area contributed by atoms with Gasteiger partial charge >= 0.3 is 5.97 Å². The van der Waals surface area contributed by atoms with Crippen molar-refractivity contribution in [2.75, 3.05) is 33.4 Å². The second kappa shape index (κ2) is 7.20. The summed E-state index contributed by atoms with van der Waals surface area (Å²) in [6.45, 7) is 2.63. The fourth-order valence-corrected chi connectivity index (χ4v) is 2.14. The van der Waals surface area contributed by atoms with Gasteiger partial charge in [-0.3, -0.25) is 24.2 Å². The highest BCUT2D eigenvalue weighted by Crippen LogP contribution is 2.18. The van der Waals surface area contributed by atoms with E-state index in [-0.39, 0.29) is 24.8 Å². The Bertz CT molecular complexity index is 358. The first-order valence-electron chi connectivity index (χ1n) is 6.30. The van der Waals surface area contributed by atoms with Crippen LogP contribution in [0.15, 0.2) is 0 Å². The normalized spacial score (nSPS) is 19.5. The first kappa shape index (κ1) is 15.6. The van der Waals surface area contributed by atoms with Gasteiger partial charge in [0.25, 0.3) is 0 Å².